The molecule has 5 nitrogen and oxygen atoms in total. The van der Waals surface area contributed by atoms with E-state index >= 15 is 0 Å². The Balaban J connectivity index is 2.95. The number of nitrogens with two attached hydrogens (primary N) is 1. The zero-order valence-electron chi connectivity index (χ0n) is 10.7. The van der Waals surface area contributed by atoms with E-state index in [0.29, 0.717) is 24.7 Å². The summed E-state index contributed by atoms with van der Waals surface area (Å²) in [5, 5.41) is 8.84. The van der Waals surface area contributed by atoms with Crippen LogP contribution < -0.4 is 15.2 Å². The number of carboxylic acids is 1. The minimum absolute atomic E-state index is 0.214. The van der Waals surface area contributed by atoms with Gasteiger partial charge < -0.3 is 20.3 Å². The summed E-state index contributed by atoms with van der Waals surface area (Å²) in [6.07, 6.45) is 0.214. The molecular weight excluding hydrogens is 234 g/mol. The van der Waals surface area contributed by atoms with Gasteiger partial charge in [0.1, 0.15) is 17.5 Å². The average Bonchev–Trinajstić information content (AvgIpc) is 2.33. The van der Waals surface area contributed by atoms with E-state index in [4.69, 9.17) is 20.3 Å². The standard InChI is InChI=1S/C13H19NO4/c1-3-17-10-5-6-12(18-4-2)9(7-10)8-11(14)13(15)16/h5-7,11H,3-4,8,14H2,1-2H3,(H,15,16). The van der Waals surface area contributed by atoms with Crippen molar-refractivity contribution in [3.05, 3.63) is 23.8 Å². The normalized spacial score (nSPS) is 11.9. The zero-order chi connectivity index (χ0) is 13.5. The summed E-state index contributed by atoms with van der Waals surface area (Å²) in [6.45, 7) is 4.83. The number of carbonyl (C=O) groups is 1. The van der Waals surface area contributed by atoms with Gasteiger partial charge in [0.2, 0.25) is 0 Å². The summed E-state index contributed by atoms with van der Waals surface area (Å²) >= 11 is 0. The predicted molar refractivity (Wildman–Crippen MR) is 68.1 cm³/mol. The topological polar surface area (TPSA) is 81.8 Å². The van der Waals surface area contributed by atoms with Gasteiger partial charge in [-0.3, -0.25) is 4.79 Å². The summed E-state index contributed by atoms with van der Waals surface area (Å²) in [5.41, 5.74) is 6.29. The summed E-state index contributed by atoms with van der Waals surface area (Å²) in [6, 6.07) is 4.40. The lowest BCUT2D eigenvalue weighted by Crippen LogP contribution is -2.32. The smallest absolute Gasteiger partial charge is 0.320 e. The highest BCUT2D eigenvalue weighted by molar-refractivity contribution is 5.73. The van der Waals surface area contributed by atoms with Crippen molar-refractivity contribution < 1.29 is 19.4 Å². The van der Waals surface area contributed by atoms with Crippen LogP contribution in [0.1, 0.15) is 19.4 Å². The SMILES string of the molecule is CCOc1ccc(OCC)c(CC(N)C(=O)O)c1. The van der Waals surface area contributed by atoms with Crippen molar-refractivity contribution in [2.75, 3.05) is 13.2 Å². The van der Waals surface area contributed by atoms with Crippen molar-refractivity contribution in [2.24, 2.45) is 5.73 Å². The van der Waals surface area contributed by atoms with Gasteiger partial charge >= 0.3 is 5.97 Å². The maximum Gasteiger partial charge on any atom is 0.320 e. The lowest BCUT2D eigenvalue weighted by Gasteiger charge is -2.14. The first-order valence-electron chi connectivity index (χ1n) is 5.95. The van der Waals surface area contributed by atoms with Crippen molar-refractivity contribution in [3.8, 4) is 11.5 Å². The van der Waals surface area contributed by atoms with Crippen LogP contribution in [-0.2, 0) is 11.2 Å². The van der Waals surface area contributed by atoms with E-state index in [9.17, 15) is 4.79 Å². The lowest BCUT2D eigenvalue weighted by molar-refractivity contribution is -0.138. The number of rotatable bonds is 7. The Bertz CT molecular complexity index is 406. The van der Waals surface area contributed by atoms with Gasteiger partial charge in [-0.05, 0) is 37.6 Å². The molecule has 0 heterocycles. The van der Waals surface area contributed by atoms with Gasteiger partial charge in [-0.25, -0.2) is 0 Å². The molecule has 5 heteroatoms. The third-order valence-electron chi connectivity index (χ3n) is 2.40. The van der Waals surface area contributed by atoms with Gasteiger partial charge in [0.05, 0.1) is 13.2 Å². The molecule has 3 N–H and O–H groups in total. The van der Waals surface area contributed by atoms with Gasteiger partial charge in [0, 0.05) is 6.42 Å². The second-order valence-electron chi connectivity index (χ2n) is 3.78. The molecule has 1 unspecified atom stereocenters. The van der Waals surface area contributed by atoms with Gasteiger partial charge in [-0.1, -0.05) is 0 Å². The van der Waals surface area contributed by atoms with Gasteiger partial charge in [-0.2, -0.15) is 0 Å². The van der Waals surface area contributed by atoms with Crippen LogP contribution in [0.15, 0.2) is 18.2 Å². The highest BCUT2D eigenvalue weighted by Crippen LogP contribution is 2.25. The van der Waals surface area contributed by atoms with E-state index in [1.807, 2.05) is 13.8 Å². The fraction of sp³-hybridized carbons (Fsp3) is 0.462. The molecule has 0 fully saturated rings. The Kier molecular flexibility index (Phi) is 5.45. The monoisotopic (exact) mass is 253 g/mol. The minimum Gasteiger partial charge on any atom is -0.494 e. The second kappa shape index (κ2) is 6.86. The number of ether oxygens (including phenoxy) is 2. The molecule has 0 aliphatic carbocycles. The van der Waals surface area contributed by atoms with Crippen LogP contribution in [-0.4, -0.2) is 30.3 Å². The summed E-state index contributed by atoms with van der Waals surface area (Å²) < 4.78 is 10.8. The highest BCUT2D eigenvalue weighted by Gasteiger charge is 2.16. The molecule has 1 aromatic carbocycles. The molecule has 1 atom stereocenters. The summed E-state index contributed by atoms with van der Waals surface area (Å²) in [4.78, 5) is 10.8. The maximum absolute atomic E-state index is 10.8. The lowest BCUT2D eigenvalue weighted by atomic mass is 10.1. The molecule has 1 aromatic rings. The number of hydrogen-bond acceptors (Lipinski definition) is 4. The molecule has 0 bridgehead atoms. The molecule has 1 rings (SSSR count). The molecule has 0 aromatic heterocycles. The Morgan fingerprint density at radius 2 is 2.00 bits per heavy atom. The van der Waals surface area contributed by atoms with Crippen LogP contribution >= 0.6 is 0 Å². The van der Waals surface area contributed by atoms with Gasteiger partial charge in [0.25, 0.3) is 0 Å². The molecule has 18 heavy (non-hydrogen) atoms. The summed E-state index contributed by atoms with van der Waals surface area (Å²) in [5.74, 6) is 0.311. The first-order valence-corrected chi connectivity index (χ1v) is 5.95. The fourth-order valence-electron chi connectivity index (χ4n) is 1.59. The minimum atomic E-state index is -1.03. The van der Waals surface area contributed by atoms with Crippen LogP contribution in [0.4, 0.5) is 0 Å². The highest BCUT2D eigenvalue weighted by atomic mass is 16.5. The molecule has 0 saturated carbocycles. The molecular formula is C13H19NO4. The van der Waals surface area contributed by atoms with E-state index in [0.717, 1.165) is 5.56 Å². The average molecular weight is 253 g/mol. The van der Waals surface area contributed by atoms with Crippen molar-refractivity contribution >= 4 is 5.97 Å². The first-order chi connectivity index (χ1) is 8.58. The molecule has 0 saturated heterocycles. The number of hydrogen-bond donors (Lipinski definition) is 2. The Hall–Kier alpha value is -1.75. The number of aliphatic carboxylic acids is 1. The third kappa shape index (κ3) is 3.92. The van der Waals surface area contributed by atoms with E-state index in [1.165, 1.54) is 0 Å². The van der Waals surface area contributed by atoms with Crippen LogP contribution in [0.5, 0.6) is 11.5 Å². The Labute approximate surface area is 107 Å². The van der Waals surface area contributed by atoms with Gasteiger partial charge in [0.15, 0.2) is 0 Å². The molecule has 100 valence electrons. The van der Waals surface area contributed by atoms with Crippen molar-refractivity contribution in [2.45, 2.75) is 26.3 Å². The van der Waals surface area contributed by atoms with E-state index in [1.54, 1.807) is 18.2 Å². The number of benzene rings is 1. The third-order valence-corrected chi connectivity index (χ3v) is 2.40. The Morgan fingerprint density at radius 3 is 2.56 bits per heavy atom. The molecule has 0 amide bonds. The number of carboxylic acid groups (broad SMARTS) is 1. The van der Waals surface area contributed by atoms with Crippen LogP contribution in [0, 0.1) is 0 Å². The van der Waals surface area contributed by atoms with E-state index < -0.39 is 12.0 Å². The van der Waals surface area contributed by atoms with Crippen molar-refractivity contribution in [1.82, 2.24) is 0 Å². The Morgan fingerprint density at radius 1 is 1.33 bits per heavy atom. The van der Waals surface area contributed by atoms with Crippen molar-refractivity contribution in [3.63, 3.8) is 0 Å². The van der Waals surface area contributed by atoms with Gasteiger partial charge in [-0.15, -0.1) is 0 Å². The van der Waals surface area contributed by atoms with E-state index in [2.05, 4.69) is 0 Å². The van der Waals surface area contributed by atoms with Crippen molar-refractivity contribution in [1.29, 1.82) is 0 Å². The molecule has 0 aliphatic heterocycles. The zero-order valence-corrected chi connectivity index (χ0v) is 10.7. The second-order valence-corrected chi connectivity index (χ2v) is 3.78. The maximum atomic E-state index is 10.8. The largest absolute Gasteiger partial charge is 0.494 e. The molecule has 0 radical (unpaired) electrons. The van der Waals surface area contributed by atoms with Crippen LogP contribution in [0.2, 0.25) is 0 Å². The van der Waals surface area contributed by atoms with Crippen LogP contribution in [0.25, 0.3) is 0 Å². The first kappa shape index (κ1) is 14.3. The quantitative estimate of drug-likeness (QED) is 0.768. The van der Waals surface area contributed by atoms with E-state index in [-0.39, 0.29) is 6.42 Å². The molecule has 0 spiro atoms. The molecule has 0 aliphatic rings. The fourth-order valence-corrected chi connectivity index (χ4v) is 1.59. The summed E-state index contributed by atoms with van der Waals surface area (Å²) in [7, 11) is 0. The van der Waals surface area contributed by atoms with Crippen LogP contribution in [0.3, 0.4) is 0 Å². The predicted octanol–water partition coefficient (Wildman–Crippen LogP) is 1.44.